The van der Waals surface area contributed by atoms with Crippen molar-refractivity contribution in [1.29, 1.82) is 0 Å². The van der Waals surface area contributed by atoms with Crippen LogP contribution >= 0.6 is 0 Å². The molecule has 0 aromatic heterocycles. The summed E-state index contributed by atoms with van der Waals surface area (Å²) in [5, 5.41) is 7.30. The first-order valence-electron chi connectivity index (χ1n) is 12.9. The van der Waals surface area contributed by atoms with Gasteiger partial charge in [-0.25, -0.2) is 0 Å². The van der Waals surface area contributed by atoms with Gasteiger partial charge in [-0.05, 0) is 45.4 Å². The first kappa shape index (κ1) is 26.5. The van der Waals surface area contributed by atoms with Gasteiger partial charge in [0.1, 0.15) is 0 Å². The number of piperidine rings is 1. The van der Waals surface area contributed by atoms with Crippen LogP contribution in [0.4, 0.5) is 0 Å². The van der Waals surface area contributed by atoms with Crippen molar-refractivity contribution in [3.63, 3.8) is 0 Å². The molecule has 4 atom stereocenters. The van der Waals surface area contributed by atoms with E-state index in [0.717, 1.165) is 25.7 Å². The maximum Gasteiger partial charge on any atom is 0.220 e. The third kappa shape index (κ3) is 9.40. The van der Waals surface area contributed by atoms with Crippen molar-refractivity contribution in [1.82, 2.24) is 10.6 Å². The van der Waals surface area contributed by atoms with Crippen LogP contribution < -0.4 is 10.6 Å². The first-order valence-corrected chi connectivity index (χ1v) is 12.9. The molecule has 1 fully saturated rings. The average Bonchev–Trinajstić information content (AvgIpc) is 2.70. The number of carbonyl (C=O) groups is 1. The van der Waals surface area contributed by atoms with Gasteiger partial charge in [-0.15, -0.1) is 0 Å². The van der Waals surface area contributed by atoms with E-state index in [1.54, 1.807) is 0 Å². The lowest BCUT2D eigenvalue weighted by Gasteiger charge is -2.53. The fourth-order valence-corrected chi connectivity index (χ4v) is 5.01. The summed E-state index contributed by atoms with van der Waals surface area (Å²) in [7, 11) is 0. The highest BCUT2D eigenvalue weighted by Crippen LogP contribution is 2.37. The molecule has 2 N–H and O–H groups in total. The highest BCUT2D eigenvalue weighted by atomic mass is 16.1. The Labute approximate surface area is 182 Å². The Hall–Kier alpha value is -0.570. The van der Waals surface area contributed by atoms with Crippen molar-refractivity contribution in [2.75, 3.05) is 0 Å². The maximum absolute atomic E-state index is 12.6. The second-order valence-electron chi connectivity index (χ2n) is 10.3. The fraction of sp³-hybridized carbons (Fsp3) is 0.962. The molecule has 4 unspecified atom stereocenters. The molecule has 0 radical (unpaired) electrons. The van der Waals surface area contributed by atoms with E-state index in [1.165, 1.54) is 64.2 Å². The van der Waals surface area contributed by atoms with Crippen LogP contribution in [-0.4, -0.2) is 23.0 Å². The Morgan fingerprint density at radius 2 is 1.38 bits per heavy atom. The Morgan fingerprint density at radius 3 is 1.86 bits per heavy atom. The van der Waals surface area contributed by atoms with E-state index in [-0.39, 0.29) is 23.0 Å². The molecule has 1 amide bonds. The fourth-order valence-electron chi connectivity index (χ4n) is 5.01. The lowest BCUT2D eigenvalue weighted by molar-refractivity contribution is -0.123. The maximum atomic E-state index is 12.6. The number of nitrogens with one attached hydrogen (secondary N) is 2. The van der Waals surface area contributed by atoms with Crippen molar-refractivity contribution in [3.05, 3.63) is 0 Å². The van der Waals surface area contributed by atoms with E-state index >= 15 is 0 Å². The van der Waals surface area contributed by atoms with Crippen LogP contribution in [0.5, 0.6) is 0 Å². The van der Waals surface area contributed by atoms with Crippen molar-refractivity contribution in [2.45, 2.75) is 155 Å². The van der Waals surface area contributed by atoms with Gasteiger partial charge < -0.3 is 10.6 Å². The first-order chi connectivity index (χ1) is 13.8. The Bertz CT molecular complexity index is 452. The average molecular weight is 409 g/mol. The van der Waals surface area contributed by atoms with E-state index in [4.69, 9.17) is 0 Å². The summed E-state index contributed by atoms with van der Waals surface area (Å²) in [6.07, 6.45) is 18.5. The van der Waals surface area contributed by atoms with Gasteiger partial charge in [0.25, 0.3) is 0 Å². The molecule has 1 saturated heterocycles. The number of rotatable bonds is 15. The smallest absolute Gasteiger partial charge is 0.220 e. The molecule has 1 aliphatic rings. The number of unbranched alkanes of at least 4 members (excludes halogenated alkanes) is 10. The molecule has 172 valence electrons. The zero-order valence-corrected chi connectivity index (χ0v) is 20.7. The van der Waals surface area contributed by atoms with Gasteiger partial charge in [-0.1, -0.05) is 91.9 Å². The highest BCUT2D eigenvalue weighted by molar-refractivity contribution is 5.76. The van der Waals surface area contributed by atoms with E-state index in [9.17, 15) is 4.79 Å². The summed E-state index contributed by atoms with van der Waals surface area (Å²) in [4.78, 5) is 12.6. The van der Waals surface area contributed by atoms with E-state index in [0.29, 0.717) is 12.3 Å². The summed E-state index contributed by atoms with van der Waals surface area (Å²) in [5.41, 5.74) is 0.212. The molecule has 0 aromatic carbocycles. The zero-order chi connectivity index (χ0) is 21.8. The number of amides is 1. The number of carbonyl (C=O) groups excluding carboxylic acids is 1. The Balaban J connectivity index is 2.22. The number of hydrogen-bond donors (Lipinski definition) is 2. The summed E-state index contributed by atoms with van der Waals surface area (Å²) >= 11 is 0. The standard InChI is InChI=1S/C26H52N2O/c1-7-10-11-12-13-14-15-16-17-18-19-20-24(29)27-23-21-25(5,8-2)28-26(6,9-3)22(23)4/h22-23,28H,7-21H2,1-6H3,(H,27,29). The summed E-state index contributed by atoms with van der Waals surface area (Å²) in [5.74, 6) is 0.713. The molecule has 1 heterocycles. The van der Waals surface area contributed by atoms with Crippen LogP contribution in [0.25, 0.3) is 0 Å². The van der Waals surface area contributed by atoms with Gasteiger partial charge >= 0.3 is 0 Å². The molecular formula is C26H52N2O. The summed E-state index contributed by atoms with van der Waals surface area (Å²) in [6.45, 7) is 13.7. The SMILES string of the molecule is CCCCCCCCCCCCCC(=O)NC1CC(C)(CC)NC(C)(CC)C1C. The third-order valence-electron chi connectivity index (χ3n) is 7.73. The molecule has 29 heavy (non-hydrogen) atoms. The van der Waals surface area contributed by atoms with Gasteiger partial charge in [0.15, 0.2) is 0 Å². The lowest BCUT2D eigenvalue weighted by Crippen LogP contribution is -2.68. The molecule has 0 saturated carbocycles. The van der Waals surface area contributed by atoms with Gasteiger partial charge in [-0.3, -0.25) is 4.79 Å². The molecule has 1 rings (SSSR count). The van der Waals surface area contributed by atoms with E-state index in [1.807, 2.05) is 0 Å². The minimum atomic E-state index is 0.0947. The predicted molar refractivity (Wildman–Crippen MR) is 127 cm³/mol. The van der Waals surface area contributed by atoms with Gasteiger partial charge in [0.05, 0.1) is 0 Å². The molecule has 1 aliphatic heterocycles. The number of hydrogen-bond acceptors (Lipinski definition) is 2. The van der Waals surface area contributed by atoms with Crippen molar-refractivity contribution in [3.8, 4) is 0 Å². The van der Waals surface area contributed by atoms with Crippen LogP contribution in [-0.2, 0) is 4.79 Å². The molecular weight excluding hydrogens is 356 g/mol. The monoisotopic (exact) mass is 408 g/mol. The quantitative estimate of drug-likeness (QED) is 0.283. The minimum Gasteiger partial charge on any atom is -0.353 e. The Morgan fingerprint density at radius 1 is 0.862 bits per heavy atom. The summed E-state index contributed by atoms with van der Waals surface area (Å²) < 4.78 is 0. The van der Waals surface area contributed by atoms with E-state index < -0.39 is 0 Å². The van der Waals surface area contributed by atoms with Crippen molar-refractivity contribution >= 4 is 5.91 Å². The normalized spacial score (nSPS) is 29.7. The van der Waals surface area contributed by atoms with Crippen molar-refractivity contribution < 1.29 is 4.79 Å². The van der Waals surface area contributed by atoms with Crippen LogP contribution in [0.2, 0.25) is 0 Å². The lowest BCUT2D eigenvalue weighted by atomic mass is 9.69. The largest absolute Gasteiger partial charge is 0.353 e. The minimum absolute atomic E-state index is 0.0947. The van der Waals surface area contributed by atoms with Gasteiger partial charge in [-0.2, -0.15) is 0 Å². The zero-order valence-electron chi connectivity index (χ0n) is 20.7. The van der Waals surface area contributed by atoms with Crippen LogP contribution in [0.3, 0.4) is 0 Å². The molecule has 0 aromatic rings. The summed E-state index contributed by atoms with van der Waals surface area (Å²) in [6, 6.07) is 0.284. The molecule has 3 heteroatoms. The molecule has 0 spiro atoms. The van der Waals surface area contributed by atoms with E-state index in [2.05, 4.69) is 52.2 Å². The predicted octanol–water partition coefficient (Wildman–Crippen LogP) is 7.14. The van der Waals surface area contributed by atoms with Crippen molar-refractivity contribution in [2.24, 2.45) is 5.92 Å². The van der Waals surface area contributed by atoms with Crippen LogP contribution in [0.1, 0.15) is 138 Å². The third-order valence-corrected chi connectivity index (χ3v) is 7.73. The second kappa shape index (κ2) is 13.7. The Kier molecular flexibility index (Phi) is 12.5. The molecule has 3 nitrogen and oxygen atoms in total. The topological polar surface area (TPSA) is 41.1 Å². The molecule has 0 aliphatic carbocycles. The van der Waals surface area contributed by atoms with Gasteiger partial charge in [0.2, 0.25) is 5.91 Å². The molecule has 0 bridgehead atoms. The second-order valence-corrected chi connectivity index (χ2v) is 10.3. The van der Waals surface area contributed by atoms with Gasteiger partial charge in [0, 0.05) is 23.5 Å². The van der Waals surface area contributed by atoms with Crippen LogP contribution in [0, 0.1) is 5.92 Å². The van der Waals surface area contributed by atoms with Crippen LogP contribution in [0.15, 0.2) is 0 Å². The highest BCUT2D eigenvalue weighted by Gasteiger charge is 2.46.